The zero-order chi connectivity index (χ0) is 20.0. The molecule has 0 radical (unpaired) electrons. The summed E-state index contributed by atoms with van der Waals surface area (Å²) in [5.41, 5.74) is 1.49. The van der Waals surface area contributed by atoms with Gasteiger partial charge in [-0.15, -0.1) is 0 Å². The Hall–Kier alpha value is -2.54. The molecule has 2 N–H and O–H groups in total. The van der Waals surface area contributed by atoms with E-state index in [2.05, 4.69) is 10.0 Å². The van der Waals surface area contributed by atoms with Crippen LogP contribution in [0.25, 0.3) is 0 Å². The minimum Gasteiger partial charge on any atom is -0.494 e. The summed E-state index contributed by atoms with van der Waals surface area (Å²) in [5.74, 6) is 0.753. The number of benzene rings is 2. The molecule has 0 spiro atoms. The van der Waals surface area contributed by atoms with Crippen molar-refractivity contribution in [1.82, 2.24) is 0 Å². The van der Waals surface area contributed by atoms with Crippen LogP contribution in [-0.2, 0) is 14.8 Å². The number of amides is 1. The molecule has 0 atom stereocenters. The van der Waals surface area contributed by atoms with Crippen LogP contribution in [0, 0.1) is 12.8 Å². The molecule has 0 aliphatic heterocycles. The van der Waals surface area contributed by atoms with Gasteiger partial charge in [-0.2, -0.15) is 0 Å². The Morgan fingerprint density at radius 3 is 2.30 bits per heavy atom. The number of aryl methyl sites for hydroxylation is 1. The molecule has 0 aromatic heterocycles. The van der Waals surface area contributed by atoms with Gasteiger partial charge in [-0.1, -0.05) is 19.9 Å². The van der Waals surface area contributed by atoms with Gasteiger partial charge in [-0.3, -0.25) is 9.52 Å². The van der Waals surface area contributed by atoms with Crippen molar-refractivity contribution in [1.29, 1.82) is 0 Å². The lowest BCUT2D eigenvalue weighted by Crippen LogP contribution is -2.17. The number of carbonyl (C=O) groups is 1. The fourth-order valence-electron chi connectivity index (χ4n) is 2.55. The van der Waals surface area contributed by atoms with E-state index in [4.69, 9.17) is 4.74 Å². The number of sulfonamides is 1. The summed E-state index contributed by atoms with van der Waals surface area (Å²) in [6, 6.07) is 11.6. The summed E-state index contributed by atoms with van der Waals surface area (Å²) in [5, 5.41) is 2.75. The summed E-state index contributed by atoms with van der Waals surface area (Å²) in [6.07, 6.45) is 0.375. The van der Waals surface area contributed by atoms with Crippen LogP contribution in [0.4, 0.5) is 11.4 Å². The first-order valence-corrected chi connectivity index (χ1v) is 10.4. The Morgan fingerprint density at radius 2 is 1.70 bits per heavy atom. The summed E-state index contributed by atoms with van der Waals surface area (Å²) in [4.78, 5) is 12.1. The van der Waals surface area contributed by atoms with Gasteiger partial charge in [-0.05, 0) is 61.7 Å². The van der Waals surface area contributed by atoms with Gasteiger partial charge in [0, 0.05) is 17.8 Å². The second kappa shape index (κ2) is 8.90. The van der Waals surface area contributed by atoms with E-state index in [0.717, 1.165) is 0 Å². The Labute approximate surface area is 161 Å². The minimum absolute atomic E-state index is 0.124. The average Bonchev–Trinajstić information content (AvgIpc) is 2.57. The first-order chi connectivity index (χ1) is 12.7. The standard InChI is InChI=1S/C20H26N2O4S/c1-5-26-18-10-8-16(9-11-18)22-27(24,25)19-13-17(7-6-15(19)4)21-20(23)12-14(2)3/h6-11,13-14,22H,5,12H2,1-4H3,(H,21,23). The van der Waals surface area contributed by atoms with E-state index in [9.17, 15) is 13.2 Å². The van der Waals surface area contributed by atoms with Crippen LogP contribution in [0.2, 0.25) is 0 Å². The fourth-order valence-corrected chi connectivity index (χ4v) is 3.88. The summed E-state index contributed by atoms with van der Waals surface area (Å²) in [6.45, 7) is 8.04. The molecule has 2 aromatic rings. The molecule has 0 unspecified atom stereocenters. The monoisotopic (exact) mass is 390 g/mol. The lowest BCUT2D eigenvalue weighted by molar-refractivity contribution is -0.116. The van der Waals surface area contributed by atoms with Crippen LogP contribution in [0.5, 0.6) is 5.75 Å². The summed E-state index contributed by atoms with van der Waals surface area (Å²) < 4.78 is 33.5. The third-order valence-corrected chi connectivity index (χ3v) is 5.30. The molecular formula is C20H26N2O4S. The number of nitrogens with one attached hydrogen (secondary N) is 2. The molecule has 0 heterocycles. The van der Waals surface area contributed by atoms with Crippen LogP contribution in [-0.4, -0.2) is 20.9 Å². The number of hydrogen-bond donors (Lipinski definition) is 2. The van der Waals surface area contributed by atoms with Crippen molar-refractivity contribution in [2.45, 2.75) is 39.0 Å². The first-order valence-electron chi connectivity index (χ1n) is 8.87. The molecule has 0 saturated heterocycles. The molecule has 0 fully saturated rings. The summed E-state index contributed by atoms with van der Waals surface area (Å²) in [7, 11) is -3.79. The van der Waals surface area contributed by atoms with Crippen molar-refractivity contribution in [2.75, 3.05) is 16.6 Å². The number of hydrogen-bond acceptors (Lipinski definition) is 4. The van der Waals surface area contributed by atoms with Crippen molar-refractivity contribution in [3.63, 3.8) is 0 Å². The van der Waals surface area contributed by atoms with E-state index in [0.29, 0.717) is 35.7 Å². The van der Waals surface area contributed by atoms with Crippen LogP contribution >= 0.6 is 0 Å². The predicted molar refractivity (Wildman–Crippen MR) is 108 cm³/mol. The zero-order valence-corrected chi connectivity index (χ0v) is 16.9. The topological polar surface area (TPSA) is 84.5 Å². The highest BCUT2D eigenvalue weighted by Crippen LogP contribution is 2.24. The molecule has 0 saturated carbocycles. The quantitative estimate of drug-likeness (QED) is 0.708. The van der Waals surface area contributed by atoms with Crippen LogP contribution in [0.15, 0.2) is 47.4 Å². The number of anilines is 2. The summed E-state index contributed by atoms with van der Waals surface area (Å²) >= 11 is 0. The van der Waals surface area contributed by atoms with Crippen molar-refractivity contribution in [2.24, 2.45) is 5.92 Å². The Bertz CT molecular complexity index is 891. The zero-order valence-electron chi connectivity index (χ0n) is 16.1. The first kappa shape index (κ1) is 20.8. The van der Waals surface area contributed by atoms with E-state index in [1.54, 1.807) is 43.3 Å². The third kappa shape index (κ3) is 5.99. The number of ether oxygens (including phenoxy) is 1. The number of carbonyl (C=O) groups excluding carboxylic acids is 1. The van der Waals surface area contributed by atoms with E-state index >= 15 is 0 Å². The van der Waals surface area contributed by atoms with E-state index in [-0.39, 0.29) is 16.7 Å². The van der Waals surface area contributed by atoms with Crippen LogP contribution < -0.4 is 14.8 Å². The maximum Gasteiger partial charge on any atom is 0.262 e. The smallest absolute Gasteiger partial charge is 0.262 e. The highest BCUT2D eigenvalue weighted by molar-refractivity contribution is 7.92. The molecule has 1 amide bonds. The van der Waals surface area contributed by atoms with Crippen LogP contribution in [0.1, 0.15) is 32.8 Å². The van der Waals surface area contributed by atoms with Gasteiger partial charge < -0.3 is 10.1 Å². The van der Waals surface area contributed by atoms with Gasteiger partial charge in [-0.25, -0.2) is 8.42 Å². The molecule has 6 nitrogen and oxygen atoms in total. The lowest BCUT2D eigenvalue weighted by atomic mass is 10.1. The van der Waals surface area contributed by atoms with Gasteiger partial charge in [0.05, 0.1) is 11.5 Å². The molecule has 0 aliphatic rings. The van der Waals surface area contributed by atoms with Crippen molar-refractivity contribution in [3.05, 3.63) is 48.0 Å². The van der Waals surface area contributed by atoms with Gasteiger partial charge in [0.15, 0.2) is 0 Å². The Kier molecular flexibility index (Phi) is 6.85. The maximum absolute atomic E-state index is 12.8. The predicted octanol–water partition coefficient (Wildman–Crippen LogP) is 4.18. The van der Waals surface area contributed by atoms with Crippen LogP contribution in [0.3, 0.4) is 0 Å². The molecule has 2 aromatic carbocycles. The van der Waals surface area contributed by atoms with E-state index < -0.39 is 10.0 Å². The normalized spacial score (nSPS) is 11.3. The average molecular weight is 391 g/mol. The van der Waals surface area contributed by atoms with Crippen molar-refractivity contribution < 1.29 is 17.9 Å². The highest BCUT2D eigenvalue weighted by atomic mass is 32.2. The van der Waals surface area contributed by atoms with E-state index in [1.165, 1.54) is 6.07 Å². The molecular weight excluding hydrogens is 364 g/mol. The molecule has 27 heavy (non-hydrogen) atoms. The molecule has 7 heteroatoms. The molecule has 0 aliphatic carbocycles. The second-order valence-corrected chi connectivity index (χ2v) is 8.34. The Balaban J connectivity index is 2.21. The lowest BCUT2D eigenvalue weighted by Gasteiger charge is -2.13. The minimum atomic E-state index is -3.79. The Morgan fingerprint density at radius 1 is 1.07 bits per heavy atom. The number of rotatable bonds is 8. The van der Waals surface area contributed by atoms with Crippen molar-refractivity contribution in [3.8, 4) is 5.75 Å². The second-order valence-electron chi connectivity index (χ2n) is 6.69. The van der Waals surface area contributed by atoms with E-state index in [1.807, 2.05) is 20.8 Å². The molecule has 146 valence electrons. The molecule has 0 bridgehead atoms. The van der Waals surface area contributed by atoms with Gasteiger partial charge >= 0.3 is 0 Å². The molecule has 2 rings (SSSR count). The van der Waals surface area contributed by atoms with Gasteiger partial charge in [0.2, 0.25) is 5.91 Å². The largest absolute Gasteiger partial charge is 0.494 e. The third-order valence-electron chi connectivity index (χ3n) is 3.77. The van der Waals surface area contributed by atoms with Crippen molar-refractivity contribution >= 4 is 27.3 Å². The van der Waals surface area contributed by atoms with Gasteiger partial charge in [0.25, 0.3) is 10.0 Å². The maximum atomic E-state index is 12.8. The van der Waals surface area contributed by atoms with Gasteiger partial charge in [0.1, 0.15) is 5.75 Å². The highest BCUT2D eigenvalue weighted by Gasteiger charge is 2.18. The SMILES string of the molecule is CCOc1ccc(NS(=O)(=O)c2cc(NC(=O)CC(C)C)ccc2C)cc1. The fraction of sp³-hybridized carbons (Fsp3) is 0.350.